The number of carbonyl (C=O) groups excluding carboxylic acids is 3. The van der Waals surface area contributed by atoms with Gasteiger partial charge in [0.25, 0.3) is 0 Å². The highest BCUT2D eigenvalue weighted by molar-refractivity contribution is 5.99. The number of methoxy groups -OCH3 is 2. The highest BCUT2D eigenvalue weighted by Crippen LogP contribution is 2.27. The van der Waals surface area contributed by atoms with Gasteiger partial charge in [0.15, 0.2) is 23.9 Å². The molecule has 29 heavy (non-hydrogen) atoms. The van der Waals surface area contributed by atoms with Crippen LogP contribution >= 0.6 is 0 Å². The molecule has 7 nitrogen and oxygen atoms in total. The second kappa shape index (κ2) is 9.23. The zero-order chi connectivity index (χ0) is 20.8. The monoisotopic (exact) mass is 397 g/mol. The van der Waals surface area contributed by atoms with Gasteiger partial charge in [-0.25, -0.2) is 0 Å². The average Bonchev–Trinajstić information content (AvgIpc) is 3.17. The Labute approximate surface area is 169 Å². The van der Waals surface area contributed by atoms with Gasteiger partial charge in [-0.05, 0) is 48.4 Å². The van der Waals surface area contributed by atoms with Gasteiger partial charge in [0.1, 0.15) is 0 Å². The van der Waals surface area contributed by atoms with E-state index in [1.807, 2.05) is 0 Å². The Kier molecular flexibility index (Phi) is 6.49. The van der Waals surface area contributed by atoms with E-state index in [1.165, 1.54) is 14.2 Å². The number of nitrogens with zero attached hydrogens (tertiary/aromatic N) is 1. The topological polar surface area (TPSA) is 82.1 Å². The van der Waals surface area contributed by atoms with Crippen molar-refractivity contribution in [2.75, 3.05) is 32.3 Å². The smallest absolute Gasteiger partial charge is 0.310 e. The maximum atomic E-state index is 12.3. The van der Waals surface area contributed by atoms with E-state index in [0.29, 0.717) is 35.6 Å². The van der Waals surface area contributed by atoms with E-state index in [9.17, 15) is 14.4 Å². The van der Waals surface area contributed by atoms with Crippen molar-refractivity contribution < 1.29 is 28.6 Å². The van der Waals surface area contributed by atoms with Crippen LogP contribution in [0.4, 0.5) is 5.69 Å². The van der Waals surface area contributed by atoms with Crippen LogP contribution in [-0.2, 0) is 20.7 Å². The van der Waals surface area contributed by atoms with Gasteiger partial charge in [0.05, 0.1) is 20.6 Å². The predicted molar refractivity (Wildman–Crippen MR) is 107 cm³/mol. The fourth-order valence-electron chi connectivity index (χ4n) is 3.19. The third-order valence-corrected chi connectivity index (χ3v) is 4.74. The van der Waals surface area contributed by atoms with Crippen LogP contribution in [-0.4, -0.2) is 45.0 Å². The van der Waals surface area contributed by atoms with Gasteiger partial charge >= 0.3 is 5.97 Å². The standard InChI is InChI=1S/C22H23NO6/c1-27-19-10-5-15(12-20(19)28-2)13-22(26)29-14-18(24)16-6-8-17(9-7-16)23-11-3-4-21(23)25/h5-10,12H,3-4,11,13-14H2,1-2H3. The number of ketones is 1. The lowest BCUT2D eigenvalue weighted by Gasteiger charge is -2.15. The number of amides is 1. The third-order valence-electron chi connectivity index (χ3n) is 4.74. The van der Waals surface area contributed by atoms with E-state index in [4.69, 9.17) is 14.2 Å². The molecule has 0 N–H and O–H groups in total. The summed E-state index contributed by atoms with van der Waals surface area (Å²) in [5, 5.41) is 0. The molecule has 0 unspecified atom stereocenters. The molecule has 0 atom stereocenters. The molecule has 0 spiro atoms. The van der Waals surface area contributed by atoms with Crippen molar-refractivity contribution in [3.8, 4) is 11.5 Å². The number of hydrogen-bond donors (Lipinski definition) is 0. The summed E-state index contributed by atoms with van der Waals surface area (Å²) in [4.78, 5) is 37.9. The van der Waals surface area contributed by atoms with Crippen LogP contribution in [0.1, 0.15) is 28.8 Å². The van der Waals surface area contributed by atoms with Gasteiger partial charge in [0.2, 0.25) is 5.91 Å². The first-order valence-corrected chi connectivity index (χ1v) is 9.32. The quantitative estimate of drug-likeness (QED) is 0.503. The number of carbonyl (C=O) groups is 3. The molecule has 1 aliphatic heterocycles. The van der Waals surface area contributed by atoms with E-state index in [-0.39, 0.29) is 24.7 Å². The van der Waals surface area contributed by atoms with E-state index in [0.717, 1.165) is 12.1 Å². The Morgan fingerprint density at radius 3 is 2.34 bits per heavy atom. The summed E-state index contributed by atoms with van der Waals surface area (Å²) >= 11 is 0. The molecule has 0 radical (unpaired) electrons. The number of benzene rings is 2. The first-order valence-electron chi connectivity index (χ1n) is 9.32. The molecule has 1 heterocycles. The SMILES string of the molecule is COc1ccc(CC(=O)OCC(=O)c2ccc(N3CCCC3=O)cc2)cc1OC. The zero-order valence-corrected chi connectivity index (χ0v) is 16.5. The van der Waals surface area contributed by atoms with E-state index in [1.54, 1.807) is 47.4 Å². The van der Waals surface area contributed by atoms with Gasteiger partial charge in [-0.3, -0.25) is 14.4 Å². The Bertz CT molecular complexity index is 906. The van der Waals surface area contributed by atoms with Crippen molar-refractivity contribution in [2.24, 2.45) is 0 Å². The Hall–Kier alpha value is -3.35. The molecule has 0 saturated carbocycles. The lowest BCUT2D eigenvalue weighted by molar-refractivity contribution is -0.141. The molecule has 0 aliphatic carbocycles. The molecule has 1 amide bonds. The second-order valence-corrected chi connectivity index (χ2v) is 6.65. The zero-order valence-electron chi connectivity index (χ0n) is 16.5. The Morgan fingerprint density at radius 2 is 1.72 bits per heavy atom. The average molecular weight is 397 g/mol. The maximum Gasteiger partial charge on any atom is 0.310 e. The van der Waals surface area contributed by atoms with Crippen molar-refractivity contribution in [1.82, 2.24) is 0 Å². The third kappa shape index (κ3) is 4.93. The lowest BCUT2D eigenvalue weighted by Crippen LogP contribution is -2.23. The van der Waals surface area contributed by atoms with E-state index >= 15 is 0 Å². The van der Waals surface area contributed by atoms with Gasteiger partial charge in [0, 0.05) is 24.2 Å². The van der Waals surface area contributed by atoms with Gasteiger partial charge < -0.3 is 19.1 Å². The minimum absolute atomic E-state index is 0.0175. The summed E-state index contributed by atoms with van der Waals surface area (Å²) in [6, 6.07) is 11.9. The summed E-state index contributed by atoms with van der Waals surface area (Å²) < 4.78 is 15.5. The summed E-state index contributed by atoms with van der Waals surface area (Å²) in [7, 11) is 3.05. The number of hydrogen-bond acceptors (Lipinski definition) is 6. The van der Waals surface area contributed by atoms with Crippen LogP contribution in [0.5, 0.6) is 11.5 Å². The minimum atomic E-state index is -0.509. The van der Waals surface area contributed by atoms with E-state index < -0.39 is 5.97 Å². The molecule has 3 rings (SSSR count). The fraction of sp³-hybridized carbons (Fsp3) is 0.318. The van der Waals surface area contributed by atoms with Gasteiger partial charge in [-0.15, -0.1) is 0 Å². The maximum absolute atomic E-state index is 12.3. The molecular formula is C22H23NO6. The highest BCUT2D eigenvalue weighted by Gasteiger charge is 2.21. The predicted octanol–water partition coefficient (Wildman–Crippen LogP) is 2.80. The van der Waals surface area contributed by atoms with Crippen LogP contribution in [0, 0.1) is 0 Å². The molecule has 1 fully saturated rings. The fourth-order valence-corrected chi connectivity index (χ4v) is 3.19. The van der Waals surface area contributed by atoms with Crippen LogP contribution in [0.25, 0.3) is 0 Å². The van der Waals surface area contributed by atoms with Crippen LogP contribution < -0.4 is 14.4 Å². The highest BCUT2D eigenvalue weighted by atomic mass is 16.5. The number of rotatable bonds is 8. The lowest BCUT2D eigenvalue weighted by atomic mass is 10.1. The van der Waals surface area contributed by atoms with Gasteiger partial charge in [-0.1, -0.05) is 6.07 Å². The van der Waals surface area contributed by atoms with Crippen molar-refractivity contribution in [3.63, 3.8) is 0 Å². The normalized spacial score (nSPS) is 13.3. The minimum Gasteiger partial charge on any atom is -0.493 e. The molecule has 152 valence electrons. The summed E-state index contributed by atoms with van der Waals surface area (Å²) in [6.07, 6.45) is 1.41. The van der Waals surface area contributed by atoms with Gasteiger partial charge in [-0.2, -0.15) is 0 Å². The van der Waals surface area contributed by atoms with Crippen molar-refractivity contribution in [2.45, 2.75) is 19.3 Å². The molecule has 1 aliphatic rings. The molecule has 0 aromatic heterocycles. The summed E-state index contributed by atoms with van der Waals surface area (Å²) in [5.41, 5.74) is 1.90. The van der Waals surface area contributed by atoms with Crippen LogP contribution in [0.3, 0.4) is 0 Å². The molecule has 2 aromatic carbocycles. The first-order chi connectivity index (χ1) is 14.0. The summed E-state index contributed by atoms with van der Waals surface area (Å²) in [6.45, 7) is 0.355. The summed E-state index contributed by atoms with van der Waals surface area (Å²) in [5.74, 6) is 0.368. The van der Waals surface area contributed by atoms with E-state index in [2.05, 4.69) is 0 Å². The van der Waals surface area contributed by atoms with Crippen LogP contribution in [0.2, 0.25) is 0 Å². The number of ether oxygens (including phenoxy) is 3. The van der Waals surface area contributed by atoms with Crippen LogP contribution in [0.15, 0.2) is 42.5 Å². The van der Waals surface area contributed by atoms with Crippen molar-refractivity contribution in [3.05, 3.63) is 53.6 Å². The molecule has 7 heteroatoms. The Morgan fingerprint density at radius 1 is 1.00 bits per heavy atom. The molecule has 0 bridgehead atoms. The second-order valence-electron chi connectivity index (χ2n) is 6.65. The number of esters is 1. The Balaban J connectivity index is 1.53. The molecular weight excluding hydrogens is 374 g/mol. The first kappa shape index (κ1) is 20.4. The largest absolute Gasteiger partial charge is 0.493 e. The molecule has 2 aromatic rings. The van der Waals surface area contributed by atoms with Crippen molar-refractivity contribution >= 4 is 23.3 Å². The molecule has 1 saturated heterocycles. The van der Waals surface area contributed by atoms with Crippen molar-refractivity contribution in [1.29, 1.82) is 0 Å². The number of anilines is 1. The number of Topliss-reactive ketones (excluding diaryl/α,β-unsaturated/α-hetero) is 1.